The van der Waals surface area contributed by atoms with Gasteiger partial charge in [0.15, 0.2) is 0 Å². The number of alkyl halides is 1. The average Bonchev–Trinajstić information content (AvgIpc) is 2.40. The third-order valence-electron chi connectivity index (χ3n) is 5.11. The highest BCUT2D eigenvalue weighted by Gasteiger charge is 2.37. The number of rotatable bonds is 4. The van der Waals surface area contributed by atoms with Crippen molar-refractivity contribution in [3.8, 4) is 0 Å². The molecule has 0 bridgehead atoms. The molecule has 0 aromatic heterocycles. The van der Waals surface area contributed by atoms with Crippen LogP contribution in [-0.4, -0.2) is 42.8 Å². The van der Waals surface area contributed by atoms with Crippen molar-refractivity contribution in [3.63, 3.8) is 0 Å². The van der Waals surface area contributed by atoms with E-state index in [0.29, 0.717) is 12.6 Å². The van der Waals surface area contributed by atoms with Crippen LogP contribution in [0.5, 0.6) is 0 Å². The van der Waals surface area contributed by atoms with E-state index in [4.69, 9.17) is 0 Å². The van der Waals surface area contributed by atoms with Gasteiger partial charge in [0.2, 0.25) is 0 Å². The molecule has 2 aliphatic rings. The van der Waals surface area contributed by atoms with Gasteiger partial charge in [-0.2, -0.15) is 0 Å². The molecule has 0 amide bonds. The van der Waals surface area contributed by atoms with E-state index < -0.39 is 0 Å². The monoisotopic (exact) mass is 256 g/mol. The molecule has 106 valence electrons. The Morgan fingerprint density at radius 3 is 2.61 bits per heavy atom. The average molecular weight is 256 g/mol. The second-order valence-corrected chi connectivity index (χ2v) is 6.42. The normalized spacial score (nSPS) is 35.8. The molecular formula is C15H29FN2. The Bertz CT molecular complexity index is 253. The summed E-state index contributed by atoms with van der Waals surface area (Å²) in [5.41, 5.74) is 0.181. The quantitative estimate of drug-likeness (QED) is 0.832. The van der Waals surface area contributed by atoms with Crippen molar-refractivity contribution in [2.45, 2.75) is 64.0 Å². The smallest absolute Gasteiger partial charge is 0.102 e. The van der Waals surface area contributed by atoms with Crippen LogP contribution >= 0.6 is 0 Å². The zero-order valence-corrected chi connectivity index (χ0v) is 12.1. The maximum Gasteiger partial charge on any atom is 0.102 e. The third kappa shape index (κ3) is 3.24. The lowest BCUT2D eigenvalue weighted by Gasteiger charge is -2.49. The Morgan fingerprint density at radius 1 is 1.28 bits per heavy atom. The van der Waals surface area contributed by atoms with Gasteiger partial charge in [-0.3, -0.25) is 4.90 Å². The van der Waals surface area contributed by atoms with Gasteiger partial charge in [0.1, 0.15) is 6.67 Å². The molecule has 1 N–H and O–H groups in total. The maximum atomic E-state index is 12.8. The summed E-state index contributed by atoms with van der Waals surface area (Å²) in [6.45, 7) is 6.97. The number of piperazine rings is 1. The Hall–Kier alpha value is -0.150. The van der Waals surface area contributed by atoms with E-state index >= 15 is 0 Å². The van der Waals surface area contributed by atoms with Gasteiger partial charge >= 0.3 is 0 Å². The third-order valence-corrected chi connectivity index (χ3v) is 5.11. The van der Waals surface area contributed by atoms with Crippen LogP contribution in [0, 0.1) is 5.92 Å². The first-order chi connectivity index (χ1) is 8.68. The second-order valence-electron chi connectivity index (χ2n) is 6.42. The van der Waals surface area contributed by atoms with Crippen LogP contribution < -0.4 is 5.32 Å². The van der Waals surface area contributed by atoms with Crippen molar-refractivity contribution in [2.24, 2.45) is 5.92 Å². The van der Waals surface area contributed by atoms with Gasteiger partial charge in [0.05, 0.1) is 0 Å². The largest absolute Gasteiger partial charge is 0.309 e. The lowest BCUT2D eigenvalue weighted by molar-refractivity contribution is 0.0366. The summed E-state index contributed by atoms with van der Waals surface area (Å²) >= 11 is 0. The molecule has 1 aliphatic carbocycles. The topological polar surface area (TPSA) is 15.3 Å². The summed E-state index contributed by atoms with van der Waals surface area (Å²) in [6.07, 6.45) is 7.95. The van der Waals surface area contributed by atoms with Crippen LogP contribution in [-0.2, 0) is 0 Å². The SMILES string of the molecule is CCC1(C)CN(CCF)C(C2CCCCC2)CN1. The Kier molecular flexibility index (Phi) is 5.02. The van der Waals surface area contributed by atoms with Gasteiger partial charge in [-0.15, -0.1) is 0 Å². The van der Waals surface area contributed by atoms with Gasteiger partial charge in [-0.1, -0.05) is 26.2 Å². The molecule has 0 aromatic rings. The van der Waals surface area contributed by atoms with Crippen molar-refractivity contribution >= 4 is 0 Å². The zero-order valence-electron chi connectivity index (χ0n) is 12.1. The molecule has 3 heteroatoms. The van der Waals surface area contributed by atoms with E-state index in [9.17, 15) is 4.39 Å². The fourth-order valence-electron chi connectivity index (χ4n) is 3.68. The van der Waals surface area contributed by atoms with E-state index in [1.807, 2.05) is 0 Å². The summed E-state index contributed by atoms with van der Waals surface area (Å²) in [6, 6.07) is 0.570. The van der Waals surface area contributed by atoms with E-state index in [2.05, 4.69) is 24.1 Å². The number of halogens is 1. The number of hydrogen-bond acceptors (Lipinski definition) is 2. The molecular weight excluding hydrogens is 227 g/mol. The molecule has 0 aromatic carbocycles. The van der Waals surface area contributed by atoms with Crippen molar-refractivity contribution in [2.75, 3.05) is 26.3 Å². The van der Waals surface area contributed by atoms with Gasteiger partial charge in [0.25, 0.3) is 0 Å². The van der Waals surface area contributed by atoms with Crippen LogP contribution in [0.25, 0.3) is 0 Å². The molecule has 2 fully saturated rings. The van der Waals surface area contributed by atoms with Gasteiger partial charge in [0, 0.05) is 31.2 Å². The Morgan fingerprint density at radius 2 is 2.00 bits per heavy atom. The van der Waals surface area contributed by atoms with Gasteiger partial charge in [-0.05, 0) is 32.1 Å². The van der Waals surface area contributed by atoms with Crippen LogP contribution in [0.3, 0.4) is 0 Å². The molecule has 1 heterocycles. The summed E-state index contributed by atoms with van der Waals surface area (Å²) in [4.78, 5) is 2.43. The lowest BCUT2D eigenvalue weighted by Crippen LogP contribution is -2.64. The second kappa shape index (κ2) is 6.33. The van der Waals surface area contributed by atoms with Crippen LogP contribution in [0.15, 0.2) is 0 Å². The van der Waals surface area contributed by atoms with Crippen LogP contribution in [0.4, 0.5) is 4.39 Å². The summed E-state index contributed by atoms with van der Waals surface area (Å²) in [7, 11) is 0. The first kappa shape index (κ1) is 14.3. The molecule has 2 atom stereocenters. The van der Waals surface area contributed by atoms with E-state index in [1.54, 1.807) is 0 Å². The first-order valence-corrected chi connectivity index (χ1v) is 7.73. The number of nitrogens with zero attached hydrogens (tertiary/aromatic N) is 1. The van der Waals surface area contributed by atoms with E-state index in [0.717, 1.165) is 25.4 Å². The van der Waals surface area contributed by atoms with Crippen molar-refractivity contribution < 1.29 is 4.39 Å². The fraction of sp³-hybridized carbons (Fsp3) is 1.00. The highest BCUT2D eigenvalue weighted by Crippen LogP contribution is 2.32. The minimum absolute atomic E-state index is 0.181. The summed E-state index contributed by atoms with van der Waals surface area (Å²) in [5, 5.41) is 3.72. The Labute approximate surface area is 111 Å². The molecule has 1 saturated heterocycles. The molecule has 0 radical (unpaired) electrons. The number of nitrogens with one attached hydrogen (secondary N) is 1. The van der Waals surface area contributed by atoms with E-state index in [1.165, 1.54) is 32.1 Å². The molecule has 1 saturated carbocycles. The van der Waals surface area contributed by atoms with Crippen LogP contribution in [0.1, 0.15) is 52.4 Å². The fourth-order valence-corrected chi connectivity index (χ4v) is 3.68. The Balaban J connectivity index is 2.00. The van der Waals surface area contributed by atoms with Crippen molar-refractivity contribution in [3.05, 3.63) is 0 Å². The molecule has 2 unspecified atom stereocenters. The van der Waals surface area contributed by atoms with Crippen molar-refractivity contribution in [1.29, 1.82) is 0 Å². The minimum atomic E-state index is -0.205. The summed E-state index contributed by atoms with van der Waals surface area (Å²) in [5.74, 6) is 0.791. The van der Waals surface area contributed by atoms with E-state index in [-0.39, 0.29) is 12.2 Å². The highest BCUT2D eigenvalue weighted by atomic mass is 19.1. The molecule has 18 heavy (non-hydrogen) atoms. The lowest BCUT2D eigenvalue weighted by atomic mass is 9.80. The van der Waals surface area contributed by atoms with Crippen molar-refractivity contribution in [1.82, 2.24) is 10.2 Å². The maximum absolute atomic E-state index is 12.8. The highest BCUT2D eigenvalue weighted by molar-refractivity contribution is 4.96. The predicted octanol–water partition coefficient (Wildman–Crippen LogP) is 2.98. The van der Waals surface area contributed by atoms with Gasteiger partial charge in [-0.25, -0.2) is 4.39 Å². The standard InChI is InChI=1S/C15H29FN2/c1-3-15(2)12-18(10-9-16)14(11-17-15)13-7-5-4-6-8-13/h13-14,17H,3-12H2,1-2H3. The molecule has 2 nitrogen and oxygen atoms in total. The predicted molar refractivity (Wildman–Crippen MR) is 74.6 cm³/mol. The minimum Gasteiger partial charge on any atom is -0.309 e. The summed E-state index contributed by atoms with van der Waals surface area (Å²) < 4.78 is 12.8. The number of hydrogen-bond donors (Lipinski definition) is 1. The van der Waals surface area contributed by atoms with Gasteiger partial charge < -0.3 is 5.32 Å². The zero-order chi connectivity index (χ0) is 13.0. The molecule has 2 rings (SSSR count). The first-order valence-electron chi connectivity index (χ1n) is 7.73. The molecule has 0 spiro atoms. The van der Waals surface area contributed by atoms with Crippen LogP contribution in [0.2, 0.25) is 0 Å². The molecule has 1 aliphatic heterocycles.